The highest BCUT2D eigenvalue weighted by Crippen LogP contribution is 2.62. The van der Waals surface area contributed by atoms with E-state index in [0.717, 1.165) is 67.2 Å². The molecule has 3 aromatic rings. The highest BCUT2D eigenvalue weighted by molar-refractivity contribution is 5.78. The maximum absolute atomic E-state index is 14.4. The molecule has 3 aliphatic heterocycles. The van der Waals surface area contributed by atoms with Crippen LogP contribution < -0.4 is 10.2 Å². The van der Waals surface area contributed by atoms with E-state index in [0.29, 0.717) is 37.2 Å². The lowest BCUT2D eigenvalue weighted by Gasteiger charge is -2.33. The number of rotatable bonds is 4. The first-order valence-corrected chi connectivity index (χ1v) is 13.7. The summed E-state index contributed by atoms with van der Waals surface area (Å²) in [5, 5.41) is 12.1. The van der Waals surface area contributed by atoms with Crippen molar-refractivity contribution >= 4 is 17.5 Å². The van der Waals surface area contributed by atoms with Crippen LogP contribution in [0.3, 0.4) is 0 Å². The molecule has 5 heterocycles. The minimum atomic E-state index is -2.63. The number of aryl methyl sites for hydroxylation is 2. The van der Waals surface area contributed by atoms with Gasteiger partial charge in [-0.15, -0.1) is 0 Å². The average molecular weight is 538 g/mol. The second kappa shape index (κ2) is 9.04. The van der Waals surface area contributed by atoms with Gasteiger partial charge in [-0.25, -0.2) is 13.6 Å². The number of nitrogens with zero attached hydrogens (tertiary/aromatic N) is 6. The number of anilines is 2. The van der Waals surface area contributed by atoms with E-state index in [9.17, 15) is 13.6 Å². The molecule has 1 spiro atoms. The summed E-state index contributed by atoms with van der Waals surface area (Å²) in [6.45, 7) is 3.29. The molecule has 4 aliphatic rings. The fourth-order valence-electron chi connectivity index (χ4n) is 6.81. The molecule has 1 N–H and O–H groups in total. The van der Waals surface area contributed by atoms with Gasteiger partial charge in [-0.05, 0) is 48.9 Å². The summed E-state index contributed by atoms with van der Waals surface area (Å²) < 4.78 is 38.4. The Morgan fingerprint density at radius 3 is 2.85 bits per heavy atom. The van der Waals surface area contributed by atoms with Crippen molar-refractivity contribution in [3.05, 3.63) is 46.9 Å². The van der Waals surface area contributed by atoms with Crippen LogP contribution in [0.15, 0.2) is 24.5 Å². The van der Waals surface area contributed by atoms with Crippen molar-refractivity contribution in [2.75, 3.05) is 38.3 Å². The van der Waals surface area contributed by atoms with Gasteiger partial charge in [-0.2, -0.15) is 10.2 Å². The summed E-state index contributed by atoms with van der Waals surface area (Å²) in [6.07, 6.45) is 5.27. The van der Waals surface area contributed by atoms with Gasteiger partial charge in [0.2, 0.25) is 0 Å². The van der Waals surface area contributed by atoms with Gasteiger partial charge in [0.15, 0.2) is 5.82 Å². The van der Waals surface area contributed by atoms with Crippen LogP contribution in [0, 0.1) is 5.41 Å². The summed E-state index contributed by atoms with van der Waals surface area (Å²) in [7, 11) is 3.43. The van der Waals surface area contributed by atoms with Crippen LogP contribution in [0.2, 0.25) is 0 Å². The Balaban J connectivity index is 1.33. The molecule has 1 saturated carbocycles. The normalized spacial score (nSPS) is 23.9. The van der Waals surface area contributed by atoms with E-state index in [1.807, 2.05) is 6.07 Å². The summed E-state index contributed by atoms with van der Waals surface area (Å²) >= 11 is 0. The molecular weight excluding hydrogens is 504 g/mol. The summed E-state index contributed by atoms with van der Waals surface area (Å²) in [4.78, 5) is 16.5. The van der Waals surface area contributed by atoms with Gasteiger partial charge >= 0.3 is 6.03 Å². The lowest BCUT2D eigenvalue weighted by molar-refractivity contribution is 0.152. The smallest absolute Gasteiger partial charge is 0.317 e. The van der Waals surface area contributed by atoms with E-state index in [-0.39, 0.29) is 23.1 Å². The van der Waals surface area contributed by atoms with Crippen LogP contribution >= 0.6 is 0 Å². The molecule has 39 heavy (non-hydrogen) atoms. The third kappa shape index (κ3) is 3.92. The number of fused-ring (bicyclic) bond motifs is 2. The minimum Gasteiger partial charge on any atom is -0.381 e. The van der Waals surface area contributed by atoms with Crippen LogP contribution in [-0.2, 0) is 31.2 Å². The van der Waals surface area contributed by atoms with Crippen molar-refractivity contribution < 1.29 is 18.3 Å². The SMILES string of the molecule is CNC(=O)N1CCc2c(c(N3CCCc4cc(-c5cnn(C)c5)c(C(F)F)cc43)nn2C2C[C@@]23CCOC3)C1. The third-order valence-corrected chi connectivity index (χ3v) is 9.02. The molecule has 1 aliphatic carbocycles. The van der Waals surface area contributed by atoms with Crippen molar-refractivity contribution in [2.45, 2.75) is 51.1 Å². The van der Waals surface area contributed by atoms with Crippen molar-refractivity contribution in [2.24, 2.45) is 12.5 Å². The number of urea groups is 1. The number of amides is 2. The number of nitrogens with one attached hydrogen (secondary N) is 1. The predicted octanol–water partition coefficient (Wildman–Crippen LogP) is 4.35. The van der Waals surface area contributed by atoms with E-state index in [1.165, 1.54) is 0 Å². The number of alkyl halides is 2. The van der Waals surface area contributed by atoms with Gasteiger partial charge in [-0.3, -0.25) is 9.36 Å². The number of carbonyl (C=O) groups excluding carboxylic acids is 1. The van der Waals surface area contributed by atoms with Crippen LogP contribution in [0.25, 0.3) is 11.1 Å². The summed E-state index contributed by atoms with van der Waals surface area (Å²) in [5.41, 5.74) is 5.35. The molecule has 7 rings (SSSR count). The molecule has 2 aromatic heterocycles. The zero-order chi connectivity index (χ0) is 26.9. The highest BCUT2D eigenvalue weighted by atomic mass is 19.3. The van der Waals surface area contributed by atoms with E-state index >= 15 is 0 Å². The monoisotopic (exact) mass is 537 g/mol. The van der Waals surface area contributed by atoms with Crippen molar-refractivity contribution in [1.82, 2.24) is 29.8 Å². The fraction of sp³-hybridized carbons (Fsp3) is 0.536. The van der Waals surface area contributed by atoms with Gasteiger partial charge in [0, 0.05) is 79.9 Å². The lowest BCUT2D eigenvalue weighted by Crippen LogP contribution is -2.41. The minimum absolute atomic E-state index is 0.00168. The summed E-state index contributed by atoms with van der Waals surface area (Å²) in [6, 6.07) is 3.72. The number of hydrogen-bond acceptors (Lipinski definition) is 5. The van der Waals surface area contributed by atoms with E-state index in [1.54, 1.807) is 42.1 Å². The third-order valence-electron chi connectivity index (χ3n) is 9.02. The molecule has 1 aromatic carbocycles. The van der Waals surface area contributed by atoms with Crippen molar-refractivity contribution in [3.8, 4) is 11.1 Å². The topological polar surface area (TPSA) is 80.5 Å². The molecule has 0 bridgehead atoms. The standard InChI is InChI=1S/C28H33F2N7O2/c1-31-27(38)35-8-5-22-21(15-35)26(33-37(22)24-12-28(24)6-9-39-16-28)36-7-3-4-17-10-19(18-13-32-34(2)14-18)20(25(29)30)11-23(17)36/h10-11,13-14,24-25H,3-9,12,15-16H2,1-2H3,(H,31,38)/t24?,28-/m1/s1. The number of aromatic nitrogens is 4. The molecule has 2 atom stereocenters. The fourth-order valence-corrected chi connectivity index (χ4v) is 6.81. The molecule has 2 fully saturated rings. The highest BCUT2D eigenvalue weighted by Gasteiger charge is 2.59. The molecule has 1 unspecified atom stereocenters. The Morgan fingerprint density at radius 1 is 1.26 bits per heavy atom. The Kier molecular flexibility index (Phi) is 5.69. The van der Waals surface area contributed by atoms with Crippen LogP contribution in [0.4, 0.5) is 25.1 Å². The van der Waals surface area contributed by atoms with Gasteiger partial charge in [-0.1, -0.05) is 0 Å². The number of ether oxygens (including phenoxy) is 1. The first kappa shape index (κ1) is 24.6. The number of halogens is 2. The van der Waals surface area contributed by atoms with E-state index in [2.05, 4.69) is 20.0 Å². The van der Waals surface area contributed by atoms with E-state index < -0.39 is 6.43 Å². The Bertz CT molecular complexity index is 1440. The van der Waals surface area contributed by atoms with E-state index in [4.69, 9.17) is 9.84 Å². The van der Waals surface area contributed by atoms with Crippen molar-refractivity contribution in [3.63, 3.8) is 0 Å². The molecule has 9 nitrogen and oxygen atoms in total. The summed E-state index contributed by atoms with van der Waals surface area (Å²) in [5.74, 6) is 0.787. The molecular formula is C28H33F2N7O2. The predicted molar refractivity (Wildman–Crippen MR) is 141 cm³/mol. The second-order valence-corrected chi connectivity index (χ2v) is 11.3. The Labute approximate surface area is 225 Å². The largest absolute Gasteiger partial charge is 0.381 e. The average Bonchev–Trinajstić information content (AvgIpc) is 3.30. The van der Waals surface area contributed by atoms with Crippen LogP contribution in [0.1, 0.15) is 54.1 Å². The zero-order valence-electron chi connectivity index (χ0n) is 22.3. The molecule has 11 heteroatoms. The van der Waals surface area contributed by atoms with Crippen LogP contribution in [0.5, 0.6) is 0 Å². The quantitative estimate of drug-likeness (QED) is 0.535. The maximum Gasteiger partial charge on any atom is 0.317 e. The van der Waals surface area contributed by atoms with Crippen molar-refractivity contribution in [1.29, 1.82) is 0 Å². The second-order valence-electron chi connectivity index (χ2n) is 11.3. The molecule has 1 saturated heterocycles. The molecule has 2 amide bonds. The Hall–Kier alpha value is -3.47. The first-order chi connectivity index (χ1) is 18.9. The maximum atomic E-state index is 14.4. The first-order valence-electron chi connectivity index (χ1n) is 13.7. The van der Waals surface area contributed by atoms with Gasteiger partial charge in [0.05, 0.1) is 25.4 Å². The molecule has 0 radical (unpaired) electrons. The van der Waals surface area contributed by atoms with Gasteiger partial charge in [0.1, 0.15) is 0 Å². The number of benzene rings is 1. The van der Waals surface area contributed by atoms with Crippen LogP contribution in [-0.4, -0.2) is 63.8 Å². The van der Waals surface area contributed by atoms with Gasteiger partial charge < -0.3 is 19.9 Å². The molecule has 206 valence electrons. The number of hydrogen-bond donors (Lipinski definition) is 1. The Morgan fingerprint density at radius 2 is 2.13 bits per heavy atom. The zero-order valence-corrected chi connectivity index (χ0v) is 22.3. The number of carbonyl (C=O) groups is 1. The van der Waals surface area contributed by atoms with Gasteiger partial charge in [0.25, 0.3) is 6.43 Å². The lowest BCUT2D eigenvalue weighted by atomic mass is 9.92.